The van der Waals surface area contributed by atoms with E-state index in [1.807, 2.05) is 0 Å². The number of sulfonamides is 1. The molecular formula is C19H19FN6O4S. The third-order valence-electron chi connectivity index (χ3n) is 4.06. The van der Waals surface area contributed by atoms with Gasteiger partial charge in [0, 0.05) is 18.3 Å². The molecular weight excluding hydrogens is 427 g/mol. The van der Waals surface area contributed by atoms with E-state index >= 15 is 0 Å². The predicted octanol–water partition coefficient (Wildman–Crippen LogP) is 2.72. The van der Waals surface area contributed by atoms with Crippen LogP contribution in [0.2, 0.25) is 0 Å². The fraction of sp³-hybridized carbons (Fsp3) is 0.105. The summed E-state index contributed by atoms with van der Waals surface area (Å²) in [4.78, 5) is 19.1. The largest absolute Gasteiger partial charge is 0.506 e. The second-order valence-corrected chi connectivity index (χ2v) is 8.11. The number of primary sulfonamides is 1. The molecule has 31 heavy (non-hydrogen) atoms. The van der Waals surface area contributed by atoms with Gasteiger partial charge in [-0.15, -0.1) is 0 Å². The van der Waals surface area contributed by atoms with Crippen LogP contribution in [0.15, 0.2) is 47.5 Å². The van der Waals surface area contributed by atoms with Crippen molar-refractivity contribution in [1.29, 1.82) is 0 Å². The average molecular weight is 446 g/mol. The number of nitrogens with two attached hydrogens (primary N) is 1. The van der Waals surface area contributed by atoms with Gasteiger partial charge in [-0.25, -0.2) is 22.9 Å². The van der Waals surface area contributed by atoms with Gasteiger partial charge in [-0.1, -0.05) is 6.07 Å². The summed E-state index contributed by atoms with van der Waals surface area (Å²) >= 11 is 0. The number of hydrogen-bond donors (Lipinski definition) is 5. The molecule has 2 aromatic carbocycles. The fourth-order valence-electron chi connectivity index (χ4n) is 2.67. The topological polar surface area (TPSA) is 159 Å². The Morgan fingerprint density at radius 3 is 2.48 bits per heavy atom. The number of aromatic hydroxyl groups is 1. The minimum absolute atomic E-state index is 0.00557. The van der Waals surface area contributed by atoms with Crippen LogP contribution in [0.4, 0.5) is 33.2 Å². The van der Waals surface area contributed by atoms with Gasteiger partial charge in [0.15, 0.2) is 11.6 Å². The second-order valence-electron chi connectivity index (χ2n) is 6.58. The highest BCUT2D eigenvalue weighted by Gasteiger charge is 2.14. The van der Waals surface area contributed by atoms with Crippen LogP contribution in [0.1, 0.15) is 12.5 Å². The molecule has 0 spiro atoms. The second kappa shape index (κ2) is 8.53. The first-order valence-electron chi connectivity index (χ1n) is 8.83. The number of halogens is 1. The summed E-state index contributed by atoms with van der Waals surface area (Å²) < 4.78 is 37.6. The first-order chi connectivity index (χ1) is 14.5. The summed E-state index contributed by atoms with van der Waals surface area (Å²) in [5, 5.41) is 23.0. The molecule has 0 aliphatic heterocycles. The number of aryl methyl sites for hydroxylation is 1. The van der Waals surface area contributed by atoms with Crippen LogP contribution in [0.5, 0.6) is 5.75 Å². The summed E-state index contributed by atoms with van der Waals surface area (Å²) in [5.41, 5.74) is 1.29. The number of rotatable bonds is 6. The van der Waals surface area contributed by atoms with Crippen molar-refractivity contribution in [2.75, 3.05) is 16.0 Å². The Balaban J connectivity index is 1.87. The zero-order valence-electron chi connectivity index (χ0n) is 16.5. The summed E-state index contributed by atoms with van der Waals surface area (Å²) in [5.74, 6) is -1.49. The number of nitrogens with zero attached hydrogens (tertiary/aromatic N) is 2. The van der Waals surface area contributed by atoms with Gasteiger partial charge in [-0.3, -0.25) is 4.79 Å². The third kappa shape index (κ3) is 5.43. The van der Waals surface area contributed by atoms with E-state index in [9.17, 15) is 22.7 Å². The zero-order valence-corrected chi connectivity index (χ0v) is 17.3. The standard InChI is InChI=1S/C19H19FN6O4S/c1-10-3-4-13(8-17(10)31(21,29)30)25-19-22-9-14(20)18(26-19)24-12-5-6-16(28)15(7-12)23-11(2)27/h3-9,28H,1-2H3,(H,23,27)(H2,21,29,30)(H2,22,24,25,26). The lowest BCUT2D eigenvalue weighted by molar-refractivity contribution is -0.114. The zero-order chi connectivity index (χ0) is 22.8. The predicted molar refractivity (Wildman–Crippen MR) is 114 cm³/mol. The molecule has 0 unspecified atom stereocenters. The van der Waals surface area contributed by atoms with Crippen molar-refractivity contribution in [1.82, 2.24) is 9.97 Å². The maximum atomic E-state index is 14.2. The van der Waals surface area contributed by atoms with E-state index in [4.69, 9.17) is 5.14 Å². The lowest BCUT2D eigenvalue weighted by atomic mass is 10.2. The molecule has 3 aromatic rings. The number of hydrogen-bond acceptors (Lipinski definition) is 8. The molecule has 0 fully saturated rings. The number of aromatic nitrogens is 2. The van der Waals surface area contributed by atoms with Crippen molar-refractivity contribution in [3.63, 3.8) is 0 Å². The van der Waals surface area contributed by atoms with Gasteiger partial charge in [-0.05, 0) is 42.8 Å². The van der Waals surface area contributed by atoms with Gasteiger partial charge in [0.1, 0.15) is 5.75 Å². The van der Waals surface area contributed by atoms with Crippen molar-refractivity contribution in [3.05, 3.63) is 54.0 Å². The van der Waals surface area contributed by atoms with Gasteiger partial charge in [0.2, 0.25) is 21.9 Å². The minimum atomic E-state index is -3.92. The average Bonchev–Trinajstić information content (AvgIpc) is 2.67. The highest BCUT2D eigenvalue weighted by atomic mass is 32.2. The quantitative estimate of drug-likeness (QED) is 0.285. The molecule has 1 heterocycles. The summed E-state index contributed by atoms with van der Waals surface area (Å²) in [6, 6.07) is 8.68. The molecule has 1 aromatic heterocycles. The van der Waals surface area contributed by atoms with Crippen molar-refractivity contribution in [2.24, 2.45) is 5.14 Å². The van der Waals surface area contributed by atoms with Crippen molar-refractivity contribution < 1.29 is 22.7 Å². The van der Waals surface area contributed by atoms with Gasteiger partial charge in [0.25, 0.3) is 0 Å². The van der Waals surface area contributed by atoms with E-state index in [2.05, 4.69) is 25.9 Å². The monoisotopic (exact) mass is 446 g/mol. The normalized spacial score (nSPS) is 11.1. The van der Waals surface area contributed by atoms with E-state index in [0.717, 1.165) is 6.20 Å². The van der Waals surface area contributed by atoms with Crippen LogP contribution < -0.4 is 21.1 Å². The van der Waals surface area contributed by atoms with E-state index in [-0.39, 0.29) is 34.0 Å². The molecule has 0 saturated carbocycles. The lowest BCUT2D eigenvalue weighted by Crippen LogP contribution is -2.14. The molecule has 0 atom stereocenters. The molecule has 0 radical (unpaired) electrons. The van der Waals surface area contributed by atoms with E-state index in [1.54, 1.807) is 19.1 Å². The number of phenols is 1. The third-order valence-corrected chi connectivity index (χ3v) is 5.12. The molecule has 12 heteroatoms. The van der Waals surface area contributed by atoms with Gasteiger partial charge < -0.3 is 21.1 Å². The van der Waals surface area contributed by atoms with Gasteiger partial charge >= 0.3 is 0 Å². The fourth-order valence-corrected chi connectivity index (χ4v) is 3.48. The molecule has 3 rings (SSSR count). The summed E-state index contributed by atoms with van der Waals surface area (Å²) in [7, 11) is -3.92. The Morgan fingerprint density at radius 1 is 1.13 bits per heavy atom. The Bertz CT molecular complexity index is 1270. The summed E-state index contributed by atoms with van der Waals surface area (Å²) in [6.07, 6.45) is 0.932. The number of carbonyl (C=O) groups excluding carboxylic acids is 1. The molecule has 1 amide bonds. The molecule has 0 aliphatic rings. The summed E-state index contributed by atoms with van der Waals surface area (Å²) in [6.45, 7) is 2.89. The lowest BCUT2D eigenvalue weighted by Gasteiger charge is -2.12. The van der Waals surface area contributed by atoms with Crippen LogP contribution in [0.3, 0.4) is 0 Å². The minimum Gasteiger partial charge on any atom is -0.506 e. The van der Waals surface area contributed by atoms with Crippen molar-refractivity contribution >= 4 is 44.8 Å². The number of carbonyl (C=O) groups is 1. The molecule has 0 aliphatic carbocycles. The Morgan fingerprint density at radius 2 is 1.81 bits per heavy atom. The Hall–Kier alpha value is -3.77. The van der Waals surface area contributed by atoms with E-state index in [1.165, 1.54) is 31.2 Å². The highest BCUT2D eigenvalue weighted by molar-refractivity contribution is 7.89. The van der Waals surface area contributed by atoms with Crippen LogP contribution in [0, 0.1) is 12.7 Å². The first-order valence-corrected chi connectivity index (χ1v) is 10.4. The van der Waals surface area contributed by atoms with Gasteiger partial charge in [0.05, 0.1) is 16.8 Å². The molecule has 0 bridgehead atoms. The Kier molecular flexibility index (Phi) is 6.04. The molecule has 0 saturated heterocycles. The van der Waals surface area contributed by atoms with E-state index < -0.39 is 15.8 Å². The van der Waals surface area contributed by atoms with Crippen molar-refractivity contribution in [2.45, 2.75) is 18.7 Å². The smallest absolute Gasteiger partial charge is 0.238 e. The van der Waals surface area contributed by atoms with Crippen LogP contribution in [0.25, 0.3) is 0 Å². The van der Waals surface area contributed by atoms with Crippen molar-refractivity contribution in [3.8, 4) is 5.75 Å². The highest BCUT2D eigenvalue weighted by Crippen LogP contribution is 2.29. The molecule has 162 valence electrons. The number of nitrogens with one attached hydrogen (secondary N) is 3. The van der Waals surface area contributed by atoms with Gasteiger partial charge in [-0.2, -0.15) is 4.98 Å². The maximum absolute atomic E-state index is 14.2. The number of phenolic OH excluding ortho intramolecular Hbond substituents is 1. The number of anilines is 5. The Labute approximate surface area is 177 Å². The number of benzene rings is 2. The molecule has 10 nitrogen and oxygen atoms in total. The van der Waals surface area contributed by atoms with Crippen LogP contribution >= 0.6 is 0 Å². The number of amides is 1. The van der Waals surface area contributed by atoms with Crippen LogP contribution in [-0.2, 0) is 14.8 Å². The first kappa shape index (κ1) is 21.9. The van der Waals surface area contributed by atoms with Crippen LogP contribution in [-0.4, -0.2) is 29.4 Å². The van der Waals surface area contributed by atoms with E-state index in [0.29, 0.717) is 16.9 Å². The SMILES string of the molecule is CC(=O)Nc1cc(Nc2nc(Nc3ccc(C)c(S(N)(=O)=O)c3)ncc2F)ccc1O. The molecule has 6 N–H and O–H groups in total. The maximum Gasteiger partial charge on any atom is 0.238 e.